The average Bonchev–Trinajstić information content (AvgIpc) is 2.71. The lowest BCUT2D eigenvalue weighted by Gasteiger charge is -2.19. The molecule has 26 heavy (non-hydrogen) atoms. The van der Waals surface area contributed by atoms with Gasteiger partial charge in [-0.25, -0.2) is 4.79 Å². The molecule has 0 aromatic heterocycles. The highest BCUT2D eigenvalue weighted by molar-refractivity contribution is 5.74. The van der Waals surface area contributed by atoms with Crippen LogP contribution >= 0.6 is 0 Å². The first kappa shape index (κ1) is 17.7. The van der Waals surface area contributed by atoms with E-state index in [1.54, 1.807) is 0 Å². The first-order valence-electron chi connectivity index (χ1n) is 8.98. The number of urea groups is 1. The van der Waals surface area contributed by atoms with Crippen LogP contribution in [0.5, 0.6) is 0 Å². The summed E-state index contributed by atoms with van der Waals surface area (Å²) in [6, 6.07) is 30.6. The zero-order valence-electron chi connectivity index (χ0n) is 14.8. The maximum Gasteiger partial charge on any atom is 0.314 e. The van der Waals surface area contributed by atoms with Crippen LogP contribution in [0.25, 0.3) is 0 Å². The van der Waals surface area contributed by atoms with E-state index in [4.69, 9.17) is 0 Å². The highest BCUT2D eigenvalue weighted by Crippen LogP contribution is 2.23. The maximum atomic E-state index is 12.2. The van der Waals surface area contributed by atoms with Crippen molar-refractivity contribution in [3.05, 3.63) is 108 Å². The van der Waals surface area contributed by atoms with Crippen molar-refractivity contribution in [2.24, 2.45) is 0 Å². The number of nitrogens with one attached hydrogen (secondary N) is 2. The van der Waals surface area contributed by atoms with E-state index in [9.17, 15) is 4.79 Å². The largest absolute Gasteiger partial charge is 0.338 e. The van der Waals surface area contributed by atoms with E-state index in [0.717, 1.165) is 6.42 Å². The van der Waals surface area contributed by atoms with Gasteiger partial charge in [-0.2, -0.15) is 0 Å². The third-order valence-electron chi connectivity index (χ3n) is 4.41. The molecule has 0 aliphatic carbocycles. The molecule has 3 nitrogen and oxygen atoms in total. The summed E-state index contributed by atoms with van der Waals surface area (Å²) in [7, 11) is 0. The summed E-state index contributed by atoms with van der Waals surface area (Å²) < 4.78 is 0. The van der Waals surface area contributed by atoms with E-state index in [1.807, 2.05) is 54.6 Å². The Balaban J connectivity index is 1.55. The molecule has 0 saturated heterocycles. The lowest BCUT2D eigenvalue weighted by atomic mass is 9.91. The molecule has 0 spiro atoms. The smallest absolute Gasteiger partial charge is 0.314 e. The quantitative estimate of drug-likeness (QED) is 0.657. The molecule has 0 fully saturated rings. The van der Waals surface area contributed by atoms with Crippen LogP contribution in [0.1, 0.15) is 22.6 Å². The van der Waals surface area contributed by atoms with Gasteiger partial charge in [0.2, 0.25) is 0 Å². The lowest BCUT2D eigenvalue weighted by molar-refractivity contribution is 0.240. The number of hydrogen-bond acceptors (Lipinski definition) is 1. The van der Waals surface area contributed by atoms with Gasteiger partial charge in [0.1, 0.15) is 0 Å². The molecule has 0 atom stereocenters. The number of rotatable bonds is 7. The molecule has 0 unspecified atom stereocenters. The summed E-state index contributed by atoms with van der Waals surface area (Å²) >= 11 is 0. The molecular formula is C23H24N2O. The second kappa shape index (κ2) is 9.42. The van der Waals surface area contributed by atoms with Gasteiger partial charge in [-0.05, 0) is 23.1 Å². The van der Waals surface area contributed by atoms with Crippen molar-refractivity contribution in [3.8, 4) is 0 Å². The molecule has 0 bridgehead atoms. The summed E-state index contributed by atoms with van der Waals surface area (Å²) in [6.45, 7) is 1.18. The van der Waals surface area contributed by atoms with E-state index in [1.165, 1.54) is 16.7 Å². The number of carbonyl (C=O) groups is 1. The highest BCUT2D eigenvalue weighted by Gasteiger charge is 2.14. The zero-order valence-corrected chi connectivity index (χ0v) is 14.8. The number of amides is 2. The van der Waals surface area contributed by atoms with Crippen LogP contribution in [-0.2, 0) is 6.42 Å². The van der Waals surface area contributed by atoms with Crippen LogP contribution < -0.4 is 10.6 Å². The molecule has 3 heteroatoms. The fraction of sp³-hybridized carbons (Fsp3) is 0.174. The molecule has 0 heterocycles. The van der Waals surface area contributed by atoms with Crippen LogP contribution in [0.15, 0.2) is 91.0 Å². The fourth-order valence-corrected chi connectivity index (χ4v) is 3.02. The monoisotopic (exact) mass is 344 g/mol. The maximum absolute atomic E-state index is 12.2. The van der Waals surface area contributed by atoms with E-state index in [-0.39, 0.29) is 11.9 Å². The second-order valence-corrected chi connectivity index (χ2v) is 6.25. The summed E-state index contributed by atoms with van der Waals surface area (Å²) in [5.74, 6) is 0.136. The van der Waals surface area contributed by atoms with Gasteiger partial charge < -0.3 is 10.6 Å². The van der Waals surface area contributed by atoms with Crippen LogP contribution in [-0.4, -0.2) is 19.1 Å². The highest BCUT2D eigenvalue weighted by atomic mass is 16.2. The molecule has 0 aliphatic rings. The van der Waals surface area contributed by atoms with Gasteiger partial charge in [-0.1, -0.05) is 91.0 Å². The van der Waals surface area contributed by atoms with Crippen molar-refractivity contribution in [3.63, 3.8) is 0 Å². The van der Waals surface area contributed by atoms with Crippen LogP contribution in [0.4, 0.5) is 4.79 Å². The lowest BCUT2D eigenvalue weighted by Crippen LogP contribution is -2.38. The third-order valence-corrected chi connectivity index (χ3v) is 4.41. The molecule has 3 rings (SSSR count). The Morgan fingerprint density at radius 3 is 1.73 bits per heavy atom. The number of hydrogen-bond donors (Lipinski definition) is 2. The van der Waals surface area contributed by atoms with Gasteiger partial charge >= 0.3 is 6.03 Å². The summed E-state index contributed by atoms with van der Waals surface area (Å²) in [5, 5.41) is 5.96. The van der Waals surface area contributed by atoms with Gasteiger partial charge in [0.15, 0.2) is 0 Å². The Morgan fingerprint density at radius 2 is 1.19 bits per heavy atom. The SMILES string of the molecule is O=C(NCCc1ccccc1)NCC(c1ccccc1)c1ccccc1. The Hall–Kier alpha value is -3.07. The Bertz CT molecular complexity index is 749. The average molecular weight is 344 g/mol. The van der Waals surface area contributed by atoms with Gasteiger partial charge in [-0.15, -0.1) is 0 Å². The molecule has 0 radical (unpaired) electrons. The minimum absolute atomic E-state index is 0.127. The topological polar surface area (TPSA) is 41.1 Å². The van der Waals surface area contributed by atoms with Crippen molar-refractivity contribution >= 4 is 6.03 Å². The van der Waals surface area contributed by atoms with Gasteiger partial charge in [0.05, 0.1) is 0 Å². The minimum atomic E-state index is -0.127. The normalized spacial score (nSPS) is 10.5. The zero-order chi connectivity index (χ0) is 18.0. The van der Waals surface area contributed by atoms with Gasteiger partial charge in [0, 0.05) is 19.0 Å². The summed E-state index contributed by atoms with van der Waals surface area (Å²) in [5.41, 5.74) is 3.62. The van der Waals surface area contributed by atoms with Gasteiger partial charge in [-0.3, -0.25) is 0 Å². The fourth-order valence-electron chi connectivity index (χ4n) is 3.02. The summed E-state index contributed by atoms with van der Waals surface area (Å²) in [4.78, 5) is 12.2. The van der Waals surface area contributed by atoms with E-state index in [0.29, 0.717) is 13.1 Å². The van der Waals surface area contributed by atoms with E-state index in [2.05, 4.69) is 47.0 Å². The Kier molecular flexibility index (Phi) is 6.43. The Labute approximate surface area is 155 Å². The van der Waals surface area contributed by atoms with Crippen molar-refractivity contribution < 1.29 is 4.79 Å². The van der Waals surface area contributed by atoms with Crippen LogP contribution in [0.3, 0.4) is 0 Å². The van der Waals surface area contributed by atoms with Crippen molar-refractivity contribution in [2.45, 2.75) is 12.3 Å². The molecule has 3 aromatic rings. The molecule has 0 saturated carbocycles. The standard InChI is InChI=1S/C23H24N2O/c26-23(24-17-16-19-10-4-1-5-11-19)25-18-22(20-12-6-2-7-13-20)21-14-8-3-9-15-21/h1-15,22H,16-18H2,(H2,24,25,26). The predicted molar refractivity (Wildman–Crippen MR) is 106 cm³/mol. The van der Waals surface area contributed by atoms with E-state index >= 15 is 0 Å². The van der Waals surface area contributed by atoms with Crippen molar-refractivity contribution in [1.82, 2.24) is 10.6 Å². The number of benzene rings is 3. The Morgan fingerprint density at radius 1 is 0.692 bits per heavy atom. The molecular weight excluding hydrogens is 320 g/mol. The molecule has 2 N–H and O–H groups in total. The molecule has 132 valence electrons. The number of carbonyl (C=O) groups excluding carboxylic acids is 1. The van der Waals surface area contributed by atoms with Gasteiger partial charge in [0.25, 0.3) is 0 Å². The molecule has 0 aliphatic heterocycles. The van der Waals surface area contributed by atoms with E-state index < -0.39 is 0 Å². The van der Waals surface area contributed by atoms with Crippen LogP contribution in [0.2, 0.25) is 0 Å². The second-order valence-electron chi connectivity index (χ2n) is 6.25. The van der Waals surface area contributed by atoms with Crippen molar-refractivity contribution in [1.29, 1.82) is 0 Å². The molecule has 3 aromatic carbocycles. The van der Waals surface area contributed by atoms with Crippen LogP contribution in [0, 0.1) is 0 Å². The third kappa shape index (κ3) is 5.21. The summed E-state index contributed by atoms with van der Waals surface area (Å²) in [6.07, 6.45) is 0.828. The minimum Gasteiger partial charge on any atom is -0.338 e. The van der Waals surface area contributed by atoms with Crippen molar-refractivity contribution in [2.75, 3.05) is 13.1 Å². The predicted octanol–water partition coefficient (Wildman–Crippen LogP) is 4.36. The molecule has 2 amide bonds. The first-order valence-corrected chi connectivity index (χ1v) is 8.98. The first-order chi connectivity index (χ1) is 12.8.